The second-order valence-electron chi connectivity index (χ2n) is 8.43. The number of nitrogens with zero attached hydrogens (tertiary/aromatic N) is 4. The maximum Gasteiger partial charge on any atom is 0.253 e. The third-order valence-electron chi connectivity index (χ3n) is 5.92. The molecule has 0 saturated heterocycles. The normalized spacial score (nSPS) is 13.4. The largest absolute Gasteiger partial charge is 0.473 e. The van der Waals surface area contributed by atoms with E-state index >= 15 is 0 Å². The molecule has 0 spiro atoms. The number of benzene rings is 1. The van der Waals surface area contributed by atoms with E-state index in [1.54, 1.807) is 6.20 Å². The number of aromatic nitrogens is 4. The van der Waals surface area contributed by atoms with Crippen LogP contribution in [-0.4, -0.2) is 25.4 Å². The molecule has 1 aromatic carbocycles. The molecule has 1 amide bonds. The fourth-order valence-corrected chi connectivity index (χ4v) is 4.24. The number of rotatable bonds is 6. The van der Waals surface area contributed by atoms with Gasteiger partial charge in [-0.15, -0.1) is 0 Å². The average Bonchev–Trinajstić information content (AvgIpc) is 3.01. The summed E-state index contributed by atoms with van der Waals surface area (Å²) in [4.78, 5) is 26.9. The third-order valence-corrected chi connectivity index (χ3v) is 5.92. The lowest BCUT2D eigenvalue weighted by atomic mass is 10.1. The van der Waals surface area contributed by atoms with E-state index in [-0.39, 0.29) is 5.91 Å². The van der Waals surface area contributed by atoms with Crippen molar-refractivity contribution >= 4 is 17.1 Å². The van der Waals surface area contributed by atoms with Gasteiger partial charge < -0.3 is 14.6 Å². The number of amides is 1. The summed E-state index contributed by atoms with van der Waals surface area (Å²) < 4.78 is 8.00. The number of hydrogen-bond acceptors (Lipinski definition) is 5. The molecule has 168 valence electrons. The molecule has 1 N–H and O–H groups in total. The minimum Gasteiger partial charge on any atom is -0.473 e. The van der Waals surface area contributed by atoms with Crippen LogP contribution in [0.5, 0.6) is 5.88 Å². The van der Waals surface area contributed by atoms with Crippen molar-refractivity contribution in [3.63, 3.8) is 0 Å². The Balaban J connectivity index is 1.30. The van der Waals surface area contributed by atoms with Crippen LogP contribution in [0.1, 0.15) is 52.3 Å². The second-order valence-corrected chi connectivity index (χ2v) is 8.43. The van der Waals surface area contributed by atoms with Gasteiger partial charge >= 0.3 is 0 Å². The van der Waals surface area contributed by atoms with Gasteiger partial charge in [-0.2, -0.15) is 0 Å². The first-order chi connectivity index (χ1) is 16.2. The Morgan fingerprint density at radius 2 is 1.94 bits per heavy atom. The molecule has 0 fully saturated rings. The summed E-state index contributed by atoms with van der Waals surface area (Å²) in [6.07, 6.45) is 6.07. The van der Waals surface area contributed by atoms with Crippen LogP contribution in [0.3, 0.4) is 0 Å². The van der Waals surface area contributed by atoms with E-state index in [1.807, 2.05) is 55.5 Å². The van der Waals surface area contributed by atoms with Gasteiger partial charge in [0, 0.05) is 37.5 Å². The molecular formula is C26H27N5O2. The number of ether oxygens (including phenoxy) is 1. The van der Waals surface area contributed by atoms with E-state index in [1.165, 1.54) is 6.42 Å². The highest BCUT2D eigenvalue weighted by Crippen LogP contribution is 2.24. The van der Waals surface area contributed by atoms with Crippen molar-refractivity contribution in [1.29, 1.82) is 0 Å². The predicted molar refractivity (Wildman–Crippen MR) is 126 cm³/mol. The number of pyridine rings is 2. The van der Waals surface area contributed by atoms with Crippen LogP contribution in [0.2, 0.25) is 0 Å². The van der Waals surface area contributed by atoms with Gasteiger partial charge in [-0.3, -0.25) is 4.79 Å². The number of aryl methyl sites for hydroxylation is 3. The standard InChI is InChI=1S/C26H27N5O2/c1-18-14-21(24-25(29-18)31-13-7-3-6-10-22(31)30-24)26(32)28-16-20-11-12-27-23(15-20)33-17-19-8-4-2-5-9-19/h2,4-5,8-9,11-12,14-15H,3,6-7,10,13,16-17H2,1H3,(H,28,32). The molecule has 3 aromatic heterocycles. The summed E-state index contributed by atoms with van der Waals surface area (Å²) in [5.41, 5.74) is 4.90. The van der Waals surface area contributed by atoms with Gasteiger partial charge in [0.2, 0.25) is 5.88 Å². The molecule has 4 aromatic rings. The van der Waals surface area contributed by atoms with Gasteiger partial charge in [0.05, 0.1) is 5.56 Å². The zero-order valence-corrected chi connectivity index (χ0v) is 18.8. The van der Waals surface area contributed by atoms with Gasteiger partial charge in [-0.05, 0) is 43.0 Å². The highest BCUT2D eigenvalue weighted by atomic mass is 16.5. The molecule has 0 aliphatic carbocycles. The minimum absolute atomic E-state index is 0.151. The van der Waals surface area contributed by atoms with E-state index < -0.39 is 0 Å². The lowest BCUT2D eigenvalue weighted by Gasteiger charge is -2.09. The maximum absolute atomic E-state index is 13.1. The summed E-state index contributed by atoms with van der Waals surface area (Å²) in [5, 5.41) is 3.03. The van der Waals surface area contributed by atoms with Gasteiger partial charge in [-0.1, -0.05) is 36.8 Å². The SMILES string of the molecule is Cc1cc(C(=O)NCc2ccnc(OCc3ccccc3)c2)c2nc3n(c2n1)CCCCC3. The summed E-state index contributed by atoms with van der Waals surface area (Å²) in [6.45, 7) is 3.65. The third kappa shape index (κ3) is 4.72. The molecule has 0 radical (unpaired) electrons. The minimum atomic E-state index is -0.151. The van der Waals surface area contributed by atoms with Gasteiger partial charge in [0.1, 0.15) is 17.9 Å². The molecule has 7 heteroatoms. The van der Waals surface area contributed by atoms with Crippen molar-refractivity contribution in [3.05, 3.63) is 82.9 Å². The first-order valence-electron chi connectivity index (χ1n) is 11.4. The Labute approximate surface area is 192 Å². The van der Waals surface area contributed by atoms with E-state index in [4.69, 9.17) is 14.7 Å². The summed E-state index contributed by atoms with van der Waals surface area (Å²) in [6, 6.07) is 15.5. The monoisotopic (exact) mass is 441 g/mol. The first kappa shape index (κ1) is 21.1. The van der Waals surface area contributed by atoms with Crippen molar-refractivity contribution in [2.75, 3.05) is 0 Å². The van der Waals surface area contributed by atoms with Crippen molar-refractivity contribution in [2.45, 2.75) is 52.3 Å². The van der Waals surface area contributed by atoms with Crippen LogP contribution in [0.15, 0.2) is 54.7 Å². The number of nitrogens with one attached hydrogen (secondary N) is 1. The number of fused-ring (bicyclic) bond motifs is 3. The van der Waals surface area contributed by atoms with Crippen LogP contribution in [-0.2, 0) is 26.1 Å². The van der Waals surface area contributed by atoms with Crippen molar-refractivity contribution in [2.24, 2.45) is 0 Å². The first-order valence-corrected chi connectivity index (χ1v) is 11.4. The molecule has 4 heterocycles. The summed E-state index contributed by atoms with van der Waals surface area (Å²) in [5.74, 6) is 1.41. The zero-order chi connectivity index (χ0) is 22.6. The number of imidazole rings is 1. The number of hydrogen-bond donors (Lipinski definition) is 1. The summed E-state index contributed by atoms with van der Waals surface area (Å²) in [7, 11) is 0. The molecule has 33 heavy (non-hydrogen) atoms. The van der Waals surface area contributed by atoms with Crippen molar-refractivity contribution in [1.82, 2.24) is 24.8 Å². The molecule has 0 bridgehead atoms. The molecular weight excluding hydrogens is 414 g/mol. The van der Waals surface area contributed by atoms with E-state index in [0.717, 1.165) is 54.1 Å². The van der Waals surface area contributed by atoms with Crippen LogP contribution >= 0.6 is 0 Å². The highest BCUT2D eigenvalue weighted by molar-refractivity contribution is 6.04. The van der Waals surface area contributed by atoms with E-state index in [9.17, 15) is 4.79 Å². The van der Waals surface area contributed by atoms with E-state index in [0.29, 0.717) is 30.1 Å². The molecule has 5 rings (SSSR count). The van der Waals surface area contributed by atoms with Crippen molar-refractivity contribution in [3.8, 4) is 5.88 Å². The van der Waals surface area contributed by atoms with Crippen LogP contribution in [0.25, 0.3) is 11.2 Å². The Kier molecular flexibility index (Phi) is 6.02. The fraction of sp³-hybridized carbons (Fsp3) is 0.308. The van der Waals surface area contributed by atoms with Gasteiger partial charge in [-0.25, -0.2) is 15.0 Å². The molecule has 0 saturated carbocycles. The maximum atomic E-state index is 13.1. The predicted octanol–water partition coefficient (Wildman–Crippen LogP) is 4.37. The second kappa shape index (κ2) is 9.40. The zero-order valence-electron chi connectivity index (χ0n) is 18.8. The molecule has 0 atom stereocenters. The number of carbonyl (C=O) groups is 1. The number of carbonyl (C=O) groups excluding carboxylic acids is 1. The lowest BCUT2D eigenvalue weighted by molar-refractivity contribution is 0.0952. The Morgan fingerprint density at radius 3 is 2.82 bits per heavy atom. The molecule has 1 aliphatic heterocycles. The molecule has 7 nitrogen and oxygen atoms in total. The topological polar surface area (TPSA) is 81.9 Å². The fourth-order valence-electron chi connectivity index (χ4n) is 4.24. The Hall–Kier alpha value is -3.74. The Morgan fingerprint density at radius 1 is 1.06 bits per heavy atom. The Bertz CT molecular complexity index is 1280. The van der Waals surface area contributed by atoms with Crippen LogP contribution in [0, 0.1) is 6.92 Å². The average molecular weight is 442 g/mol. The van der Waals surface area contributed by atoms with Gasteiger partial charge in [0.15, 0.2) is 5.65 Å². The molecule has 1 aliphatic rings. The molecule has 0 unspecified atom stereocenters. The van der Waals surface area contributed by atoms with Gasteiger partial charge in [0.25, 0.3) is 5.91 Å². The highest BCUT2D eigenvalue weighted by Gasteiger charge is 2.20. The summed E-state index contributed by atoms with van der Waals surface area (Å²) >= 11 is 0. The quantitative estimate of drug-likeness (QED) is 0.480. The van der Waals surface area contributed by atoms with Crippen molar-refractivity contribution < 1.29 is 9.53 Å². The van der Waals surface area contributed by atoms with Crippen LogP contribution < -0.4 is 10.1 Å². The lowest BCUT2D eigenvalue weighted by Crippen LogP contribution is -2.23. The smallest absolute Gasteiger partial charge is 0.253 e. The van der Waals surface area contributed by atoms with Crippen LogP contribution in [0.4, 0.5) is 0 Å². The van der Waals surface area contributed by atoms with E-state index in [2.05, 4.69) is 14.9 Å².